The molecule has 30 heavy (non-hydrogen) atoms. The Morgan fingerprint density at radius 3 is 2.60 bits per heavy atom. The second kappa shape index (κ2) is 11.2. The summed E-state index contributed by atoms with van der Waals surface area (Å²) in [6, 6.07) is 16.5. The molecule has 1 amide bonds. The van der Waals surface area contributed by atoms with E-state index in [1.54, 1.807) is 7.11 Å². The van der Waals surface area contributed by atoms with Gasteiger partial charge in [0, 0.05) is 32.6 Å². The third-order valence-electron chi connectivity index (χ3n) is 5.17. The first-order valence-corrected chi connectivity index (χ1v) is 10.7. The summed E-state index contributed by atoms with van der Waals surface area (Å²) in [7, 11) is 1.68. The zero-order chi connectivity index (χ0) is 21.2. The zero-order valence-electron chi connectivity index (χ0n) is 18.0. The van der Waals surface area contributed by atoms with Gasteiger partial charge < -0.3 is 20.3 Å². The molecule has 2 aromatic carbocycles. The highest BCUT2D eigenvalue weighted by Gasteiger charge is 2.19. The van der Waals surface area contributed by atoms with Crippen LogP contribution in [0.4, 0.5) is 0 Å². The minimum absolute atomic E-state index is 0.258. The van der Waals surface area contributed by atoms with Crippen molar-refractivity contribution >= 4 is 11.9 Å². The number of rotatable bonds is 9. The SMILES string of the molecule is CCNC(=NCc1cccc(CN2CCCC2=O)c1)NCCc1ccc(OC)cc1. The van der Waals surface area contributed by atoms with Gasteiger partial charge in [0.2, 0.25) is 5.91 Å². The number of carbonyl (C=O) groups excluding carboxylic acids is 1. The minimum Gasteiger partial charge on any atom is -0.497 e. The second-order valence-corrected chi connectivity index (χ2v) is 7.46. The maximum Gasteiger partial charge on any atom is 0.222 e. The van der Waals surface area contributed by atoms with Crippen LogP contribution < -0.4 is 15.4 Å². The summed E-state index contributed by atoms with van der Waals surface area (Å²) in [5.41, 5.74) is 3.56. The number of ether oxygens (including phenoxy) is 1. The smallest absolute Gasteiger partial charge is 0.222 e. The van der Waals surface area contributed by atoms with Crippen LogP contribution in [0.2, 0.25) is 0 Å². The molecule has 6 heteroatoms. The standard InChI is InChI=1S/C24H32N4O2/c1-3-25-24(26-14-13-19-9-11-22(30-2)12-10-19)27-17-20-6-4-7-21(16-20)18-28-15-5-8-23(28)29/h4,6-7,9-12,16H,3,5,8,13-15,17-18H2,1-2H3,(H2,25,26,27). The van der Waals surface area contributed by atoms with Gasteiger partial charge in [0.15, 0.2) is 5.96 Å². The van der Waals surface area contributed by atoms with Crippen LogP contribution in [0.1, 0.15) is 36.5 Å². The van der Waals surface area contributed by atoms with Crippen molar-refractivity contribution < 1.29 is 9.53 Å². The Morgan fingerprint density at radius 1 is 1.10 bits per heavy atom. The highest BCUT2D eigenvalue weighted by atomic mass is 16.5. The molecule has 0 unspecified atom stereocenters. The molecule has 0 saturated carbocycles. The van der Waals surface area contributed by atoms with E-state index in [1.807, 2.05) is 23.1 Å². The molecule has 2 aromatic rings. The molecule has 6 nitrogen and oxygen atoms in total. The van der Waals surface area contributed by atoms with E-state index < -0.39 is 0 Å². The molecule has 0 aromatic heterocycles. The predicted octanol–water partition coefficient (Wildman–Crippen LogP) is 3.12. The van der Waals surface area contributed by atoms with E-state index in [-0.39, 0.29) is 5.91 Å². The molecule has 0 radical (unpaired) electrons. The molecule has 0 bridgehead atoms. The van der Waals surface area contributed by atoms with Crippen LogP contribution in [0.5, 0.6) is 5.75 Å². The van der Waals surface area contributed by atoms with Gasteiger partial charge in [-0.3, -0.25) is 4.79 Å². The zero-order valence-corrected chi connectivity index (χ0v) is 18.0. The molecule has 160 valence electrons. The van der Waals surface area contributed by atoms with Gasteiger partial charge in [-0.2, -0.15) is 0 Å². The monoisotopic (exact) mass is 408 g/mol. The Balaban J connectivity index is 1.53. The number of nitrogens with one attached hydrogen (secondary N) is 2. The van der Waals surface area contributed by atoms with Crippen molar-refractivity contribution in [2.45, 2.75) is 39.3 Å². The van der Waals surface area contributed by atoms with E-state index in [2.05, 4.69) is 47.9 Å². The lowest BCUT2D eigenvalue weighted by molar-refractivity contribution is -0.128. The number of amides is 1. The van der Waals surface area contributed by atoms with Gasteiger partial charge in [-0.05, 0) is 48.6 Å². The fourth-order valence-electron chi connectivity index (χ4n) is 3.55. The molecule has 3 rings (SSSR count). The fourth-order valence-corrected chi connectivity index (χ4v) is 3.55. The van der Waals surface area contributed by atoms with Gasteiger partial charge in [0.1, 0.15) is 5.75 Å². The first kappa shape index (κ1) is 21.7. The van der Waals surface area contributed by atoms with Crippen molar-refractivity contribution in [1.82, 2.24) is 15.5 Å². The largest absolute Gasteiger partial charge is 0.497 e. The lowest BCUT2D eigenvalue weighted by atomic mass is 10.1. The van der Waals surface area contributed by atoms with Crippen molar-refractivity contribution in [2.24, 2.45) is 4.99 Å². The van der Waals surface area contributed by atoms with Crippen LogP contribution >= 0.6 is 0 Å². The summed E-state index contributed by atoms with van der Waals surface area (Å²) in [4.78, 5) is 18.5. The number of methoxy groups -OCH3 is 1. The fraction of sp³-hybridized carbons (Fsp3) is 0.417. The number of hydrogen-bond donors (Lipinski definition) is 2. The molecular weight excluding hydrogens is 376 g/mol. The van der Waals surface area contributed by atoms with Gasteiger partial charge >= 0.3 is 0 Å². The van der Waals surface area contributed by atoms with Crippen LogP contribution in [0.25, 0.3) is 0 Å². The van der Waals surface area contributed by atoms with Crippen molar-refractivity contribution in [3.05, 3.63) is 65.2 Å². The van der Waals surface area contributed by atoms with E-state index in [9.17, 15) is 4.79 Å². The Hall–Kier alpha value is -3.02. The summed E-state index contributed by atoms with van der Waals surface area (Å²) in [6.07, 6.45) is 2.56. The quantitative estimate of drug-likeness (QED) is 0.494. The van der Waals surface area contributed by atoms with Crippen LogP contribution in [-0.2, 0) is 24.3 Å². The number of nitrogens with zero attached hydrogens (tertiary/aromatic N) is 2. The third-order valence-corrected chi connectivity index (χ3v) is 5.17. The minimum atomic E-state index is 0.258. The van der Waals surface area contributed by atoms with Crippen LogP contribution in [0, 0.1) is 0 Å². The van der Waals surface area contributed by atoms with E-state index in [0.717, 1.165) is 55.3 Å². The van der Waals surface area contributed by atoms with Crippen molar-refractivity contribution in [1.29, 1.82) is 0 Å². The molecule has 0 atom stereocenters. The average Bonchev–Trinajstić information content (AvgIpc) is 3.17. The van der Waals surface area contributed by atoms with Crippen LogP contribution in [0.15, 0.2) is 53.5 Å². The predicted molar refractivity (Wildman–Crippen MR) is 121 cm³/mol. The highest BCUT2D eigenvalue weighted by Crippen LogP contribution is 2.15. The van der Waals surface area contributed by atoms with Crippen LogP contribution in [0.3, 0.4) is 0 Å². The van der Waals surface area contributed by atoms with Gasteiger partial charge in [-0.1, -0.05) is 36.4 Å². The number of hydrogen-bond acceptors (Lipinski definition) is 3. The highest BCUT2D eigenvalue weighted by molar-refractivity contribution is 5.79. The number of carbonyl (C=O) groups is 1. The first-order valence-electron chi connectivity index (χ1n) is 10.7. The maximum absolute atomic E-state index is 11.9. The number of likely N-dealkylation sites (tertiary alicyclic amines) is 1. The molecule has 2 N–H and O–H groups in total. The van der Waals surface area contributed by atoms with E-state index in [1.165, 1.54) is 5.56 Å². The Labute approximate surface area is 179 Å². The molecule has 1 fully saturated rings. The van der Waals surface area contributed by atoms with E-state index in [0.29, 0.717) is 19.5 Å². The van der Waals surface area contributed by atoms with Gasteiger partial charge in [0.25, 0.3) is 0 Å². The van der Waals surface area contributed by atoms with Crippen LogP contribution in [-0.4, -0.2) is 43.5 Å². The number of aliphatic imine (C=N–C) groups is 1. The summed E-state index contributed by atoms with van der Waals surface area (Å²) in [6.45, 7) is 5.83. The van der Waals surface area contributed by atoms with Crippen molar-refractivity contribution in [3.63, 3.8) is 0 Å². The van der Waals surface area contributed by atoms with Gasteiger partial charge in [-0.25, -0.2) is 4.99 Å². The van der Waals surface area contributed by atoms with Crippen molar-refractivity contribution in [2.75, 3.05) is 26.7 Å². The molecule has 1 aliphatic heterocycles. The third kappa shape index (κ3) is 6.51. The summed E-state index contributed by atoms with van der Waals surface area (Å²) >= 11 is 0. The Bertz CT molecular complexity index is 849. The Morgan fingerprint density at radius 2 is 1.90 bits per heavy atom. The lowest BCUT2D eigenvalue weighted by Crippen LogP contribution is -2.38. The topological polar surface area (TPSA) is 66.0 Å². The van der Waals surface area contributed by atoms with Gasteiger partial charge in [-0.15, -0.1) is 0 Å². The van der Waals surface area contributed by atoms with E-state index in [4.69, 9.17) is 9.73 Å². The molecule has 0 spiro atoms. The maximum atomic E-state index is 11.9. The summed E-state index contributed by atoms with van der Waals surface area (Å²) in [5.74, 6) is 1.94. The summed E-state index contributed by atoms with van der Waals surface area (Å²) in [5, 5.41) is 6.70. The van der Waals surface area contributed by atoms with Crippen molar-refractivity contribution in [3.8, 4) is 5.75 Å². The molecule has 1 saturated heterocycles. The number of benzene rings is 2. The number of guanidine groups is 1. The molecule has 0 aliphatic carbocycles. The Kier molecular flexibility index (Phi) is 8.12. The van der Waals surface area contributed by atoms with Gasteiger partial charge in [0.05, 0.1) is 13.7 Å². The normalized spacial score (nSPS) is 14.1. The second-order valence-electron chi connectivity index (χ2n) is 7.46. The van der Waals surface area contributed by atoms with E-state index >= 15 is 0 Å². The summed E-state index contributed by atoms with van der Waals surface area (Å²) < 4.78 is 5.20. The lowest BCUT2D eigenvalue weighted by Gasteiger charge is -2.16. The molecular formula is C24H32N4O2. The molecule has 1 aliphatic rings. The molecule has 1 heterocycles. The first-order chi connectivity index (χ1) is 14.7. The average molecular weight is 409 g/mol.